The van der Waals surface area contributed by atoms with E-state index in [0.29, 0.717) is 0 Å². The molecule has 0 aliphatic carbocycles. The molecule has 1 aromatic carbocycles. The molecule has 0 aliphatic heterocycles. The zero-order valence-electron chi connectivity index (χ0n) is 13.4. The Morgan fingerprint density at radius 1 is 1.19 bits per heavy atom. The molecule has 0 saturated carbocycles. The van der Waals surface area contributed by atoms with Crippen LogP contribution in [0, 0.1) is 5.82 Å². The Morgan fingerprint density at radius 3 is 2.04 bits per heavy atom. The van der Waals surface area contributed by atoms with Gasteiger partial charge in [0.15, 0.2) is 15.7 Å². The van der Waals surface area contributed by atoms with Crippen LogP contribution in [0.25, 0.3) is 0 Å². The van der Waals surface area contributed by atoms with E-state index in [-0.39, 0.29) is 22.2 Å². The third kappa shape index (κ3) is 5.70. The lowest BCUT2D eigenvalue weighted by atomic mass is 10.2. The van der Waals surface area contributed by atoms with E-state index in [1.54, 1.807) is 0 Å². The van der Waals surface area contributed by atoms with Crippen LogP contribution < -0.4 is 11.5 Å². The predicted molar refractivity (Wildman–Crippen MR) is 83.1 cm³/mol. The molecule has 0 aliphatic rings. The average Bonchev–Trinajstić information content (AvgIpc) is 2.89. The van der Waals surface area contributed by atoms with Gasteiger partial charge in [0.25, 0.3) is 5.91 Å². The number of carboxylic acid groups (broad SMARTS) is 1. The highest BCUT2D eigenvalue weighted by molar-refractivity contribution is 7.90. The van der Waals surface area contributed by atoms with Crippen molar-refractivity contribution in [3.8, 4) is 0 Å². The van der Waals surface area contributed by atoms with Crippen LogP contribution >= 0.6 is 0 Å². The smallest absolute Gasteiger partial charge is 0.449 e. The van der Waals surface area contributed by atoms with Gasteiger partial charge in [-0.2, -0.15) is 13.2 Å². The van der Waals surface area contributed by atoms with Crippen LogP contribution in [0.4, 0.5) is 23.2 Å². The Balaban J connectivity index is 0.000000271. The minimum atomic E-state index is -4.88. The lowest BCUT2D eigenvalue weighted by Gasteiger charge is -2.03. The number of nitrogens with two attached hydrogens (primary N) is 2. The monoisotopic (exact) mass is 412 g/mol. The number of halogens is 4. The molecule has 1 amide bonds. The molecule has 1 aromatic heterocycles. The van der Waals surface area contributed by atoms with Crippen LogP contribution in [-0.2, 0) is 16.0 Å². The summed E-state index contributed by atoms with van der Waals surface area (Å²) in [6.45, 7) is 0. The molecule has 1 heterocycles. The van der Waals surface area contributed by atoms with Crippen LogP contribution in [0.2, 0.25) is 0 Å². The number of primary amides is 1. The first-order valence-electron chi connectivity index (χ1n) is 6.63. The third-order valence-corrected chi connectivity index (χ3v) is 3.99. The first kappa shape index (κ1) is 22.0. The average molecular weight is 412 g/mol. The van der Waals surface area contributed by atoms with E-state index in [1.165, 1.54) is 18.2 Å². The van der Waals surface area contributed by atoms with Crippen molar-refractivity contribution in [2.75, 3.05) is 12.0 Å². The Kier molecular flexibility index (Phi) is 6.22. The Morgan fingerprint density at radius 2 is 1.74 bits per heavy atom. The number of alkyl halides is 3. The molecule has 27 heavy (non-hydrogen) atoms. The van der Waals surface area contributed by atoms with Crippen LogP contribution in [0.5, 0.6) is 0 Å². The van der Waals surface area contributed by atoms with Gasteiger partial charge in [0.2, 0.25) is 11.5 Å². The molecule has 8 nitrogen and oxygen atoms in total. The van der Waals surface area contributed by atoms with Gasteiger partial charge in [0.05, 0.1) is 10.5 Å². The fraction of sp³-hybridized carbons (Fsp3) is 0.143. The van der Waals surface area contributed by atoms with Crippen molar-refractivity contribution >= 4 is 27.4 Å². The Bertz CT molecular complexity index is 982. The van der Waals surface area contributed by atoms with Crippen molar-refractivity contribution in [2.24, 2.45) is 5.73 Å². The van der Waals surface area contributed by atoms with Gasteiger partial charge < -0.3 is 21.0 Å². The van der Waals surface area contributed by atoms with Crippen LogP contribution in [0.15, 0.2) is 33.6 Å². The number of hydrogen-bond donors (Lipinski definition) is 3. The molecular weight excluding hydrogens is 400 g/mol. The summed E-state index contributed by atoms with van der Waals surface area (Å²) in [6, 6.07) is 3.80. The fourth-order valence-corrected chi connectivity index (χ4v) is 2.31. The molecule has 5 N–H and O–H groups in total. The van der Waals surface area contributed by atoms with E-state index in [2.05, 4.69) is 4.42 Å². The lowest BCUT2D eigenvalue weighted by molar-refractivity contribution is -0.153. The van der Waals surface area contributed by atoms with E-state index in [0.717, 1.165) is 6.26 Å². The molecule has 0 saturated heterocycles. The molecule has 0 fully saturated rings. The molecule has 0 radical (unpaired) electrons. The van der Waals surface area contributed by atoms with Crippen molar-refractivity contribution in [1.29, 1.82) is 0 Å². The highest BCUT2D eigenvalue weighted by Crippen LogP contribution is 2.31. The molecule has 2 rings (SSSR count). The number of carbonyl (C=O) groups is 2. The minimum absolute atomic E-state index is 0.0105. The number of sulfone groups is 1. The molecular formula is C14H12F4N2O6S. The van der Waals surface area contributed by atoms with Crippen molar-refractivity contribution in [3.63, 3.8) is 0 Å². The van der Waals surface area contributed by atoms with Gasteiger partial charge in [0.1, 0.15) is 0 Å². The summed E-state index contributed by atoms with van der Waals surface area (Å²) in [6.07, 6.45) is -3.82. The molecule has 0 atom stereocenters. The van der Waals surface area contributed by atoms with E-state index in [1.807, 2.05) is 0 Å². The van der Waals surface area contributed by atoms with Crippen molar-refractivity contribution in [1.82, 2.24) is 0 Å². The summed E-state index contributed by atoms with van der Waals surface area (Å²) < 4.78 is 73.7. The van der Waals surface area contributed by atoms with Crippen molar-refractivity contribution in [2.45, 2.75) is 11.1 Å². The highest BCUT2D eigenvalue weighted by atomic mass is 32.2. The van der Waals surface area contributed by atoms with E-state index < -0.39 is 45.2 Å². The van der Waals surface area contributed by atoms with Gasteiger partial charge in [-0.1, -0.05) is 0 Å². The zero-order valence-corrected chi connectivity index (χ0v) is 14.2. The maximum atomic E-state index is 12.4. The summed E-state index contributed by atoms with van der Waals surface area (Å²) in [5.41, 5.74) is 10.7. The third-order valence-electron chi connectivity index (χ3n) is 2.88. The SMILES string of the molecule is CS(=O)(=O)c1ccc(C(N)=O)c(N)c1.O=C(O)c1oc(C(F)(F)F)cc1F. The van der Waals surface area contributed by atoms with Gasteiger partial charge in [-0.3, -0.25) is 4.79 Å². The molecule has 0 spiro atoms. The topological polar surface area (TPSA) is 154 Å². The number of benzene rings is 1. The molecule has 2 aromatic rings. The number of furan rings is 1. The van der Waals surface area contributed by atoms with Crippen molar-refractivity contribution < 1.29 is 45.1 Å². The molecule has 148 valence electrons. The zero-order chi connectivity index (χ0) is 21.2. The number of amides is 1. The summed E-state index contributed by atoms with van der Waals surface area (Å²) in [4.78, 5) is 20.9. The predicted octanol–water partition coefficient (Wildman–Crippen LogP) is 1.91. The number of nitrogen functional groups attached to an aromatic ring is 1. The van der Waals surface area contributed by atoms with Gasteiger partial charge in [-0.05, 0) is 18.2 Å². The second-order valence-corrected chi connectivity index (χ2v) is 6.99. The normalized spacial score (nSPS) is 11.4. The Labute approximate surface area is 149 Å². The molecule has 0 unspecified atom stereocenters. The molecule has 13 heteroatoms. The second kappa shape index (κ2) is 7.65. The largest absolute Gasteiger partial charge is 0.475 e. The van der Waals surface area contributed by atoms with E-state index in [9.17, 15) is 35.6 Å². The van der Waals surface area contributed by atoms with Gasteiger partial charge in [0, 0.05) is 18.0 Å². The number of carbonyl (C=O) groups excluding carboxylic acids is 1. The number of anilines is 1. The van der Waals surface area contributed by atoms with Gasteiger partial charge in [-0.25, -0.2) is 17.6 Å². The van der Waals surface area contributed by atoms with E-state index in [4.69, 9.17) is 16.6 Å². The summed E-state index contributed by atoms with van der Waals surface area (Å²) in [5.74, 6) is -7.11. The second-order valence-electron chi connectivity index (χ2n) is 4.98. The number of rotatable bonds is 3. The fourth-order valence-electron chi connectivity index (χ4n) is 1.65. The van der Waals surface area contributed by atoms with Crippen LogP contribution in [0.3, 0.4) is 0 Å². The Hall–Kier alpha value is -3.09. The quantitative estimate of drug-likeness (QED) is 0.514. The van der Waals surface area contributed by atoms with Crippen LogP contribution in [0.1, 0.15) is 26.7 Å². The minimum Gasteiger partial charge on any atom is -0.475 e. The first-order valence-corrected chi connectivity index (χ1v) is 8.53. The maximum absolute atomic E-state index is 12.4. The molecule has 0 bridgehead atoms. The number of carboxylic acids is 1. The maximum Gasteiger partial charge on any atom is 0.449 e. The summed E-state index contributed by atoms with van der Waals surface area (Å²) in [7, 11) is -3.30. The summed E-state index contributed by atoms with van der Waals surface area (Å²) >= 11 is 0. The van der Waals surface area contributed by atoms with Gasteiger partial charge in [-0.15, -0.1) is 0 Å². The standard InChI is InChI=1S/C8H10N2O3S.C6H2F4O3/c1-14(12,13)5-2-3-6(8(10)11)7(9)4-5;7-2-1-3(6(8,9)10)13-4(2)5(11)12/h2-4H,9H2,1H3,(H2,10,11);1H,(H,11,12). The highest BCUT2D eigenvalue weighted by Gasteiger charge is 2.37. The first-order chi connectivity index (χ1) is 12.1. The lowest BCUT2D eigenvalue weighted by Crippen LogP contribution is -2.14. The van der Waals surface area contributed by atoms with Crippen LogP contribution in [-0.4, -0.2) is 31.7 Å². The van der Waals surface area contributed by atoms with E-state index >= 15 is 0 Å². The summed E-state index contributed by atoms with van der Waals surface area (Å²) in [5, 5.41) is 8.14. The van der Waals surface area contributed by atoms with Gasteiger partial charge >= 0.3 is 12.1 Å². The van der Waals surface area contributed by atoms with Crippen molar-refractivity contribution in [3.05, 3.63) is 47.2 Å². The number of hydrogen-bond acceptors (Lipinski definition) is 6. The number of aromatic carboxylic acids is 1.